The predicted octanol–water partition coefficient (Wildman–Crippen LogP) is 2.37. The normalized spacial score (nSPS) is 46.2. The van der Waals surface area contributed by atoms with E-state index in [0.29, 0.717) is 6.29 Å². The van der Waals surface area contributed by atoms with Crippen LogP contribution in [0.5, 0.6) is 0 Å². The average molecular weight is 265 g/mol. The van der Waals surface area contributed by atoms with Crippen LogP contribution in [-0.4, -0.2) is 49.7 Å². The Morgan fingerprint density at radius 2 is 1.06 bits per heavy atom. The molecule has 2 rings (SSSR count). The van der Waals surface area contributed by atoms with Gasteiger partial charge in [-0.1, -0.05) is 0 Å². The Morgan fingerprint density at radius 3 is 1.29 bits per heavy atom. The maximum absolute atomic E-state index is 6.08. The molecular weight excluding hydrogens is 241 g/mol. The molecule has 0 aromatic heterocycles. The Balaban J connectivity index is 2.32. The molecule has 2 fully saturated rings. The van der Waals surface area contributed by atoms with E-state index in [1.807, 2.05) is 46.7 Å². The van der Waals surface area contributed by atoms with E-state index < -0.39 is 7.51 Å². The summed E-state index contributed by atoms with van der Waals surface area (Å²) in [6, 6.07) is 0. The van der Waals surface area contributed by atoms with Crippen molar-refractivity contribution in [2.24, 2.45) is 0 Å². The molecule has 1 spiro atoms. The third-order valence-corrected chi connectivity index (χ3v) is 7.30. The molecule has 0 N–H and O–H groups in total. The first-order valence-electron chi connectivity index (χ1n) is 6.18. The number of hydrogen-bond acceptors (Lipinski definition) is 5. The monoisotopic (exact) mass is 265 g/mol. The summed E-state index contributed by atoms with van der Waals surface area (Å²) in [6.45, 7) is 8.01. The average Bonchev–Trinajstić information content (AvgIpc) is 2.49. The summed E-state index contributed by atoms with van der Waals surface area (Å²) in [5, 5.41) is 0. The molecule has 0 radical (unpaired) electrons. The van der Waals surface area contributed by atoms with Crippen LogP contribution in [0.4, 0.5) is 0 Å². The van der Waals surface area contributed by atoms with E-state index in [2.05, 4.69) is 0 Å². The zero-order chi connectivity index (χ0) is 12.9. The van der Waals surface area contributed by atoms with Crippen LogP contribution in [0.25, 0.3) is 0 Å². The summed E-state index contributed by atoms with van der Waals surface area (Å²) >= 11 is 0. The van der Waals surface area contributed by atoms with Crippen molar-refractivity contribution in [1.29, 1.82) is 0 Å². The van der Waals surface area contributed by atoms with E-state index in [4.69, 9.17) is 18.1 Å². The molecule has 0 aromatic carbocycles. The molecule has 4 unspecified atom stereocenters. The molecule has 0 amide bonds. The second-order valence-electron chi connectivity index (χ2n) is 5.43. The van der Waals surface area contributed by atoms with Gasteiger partial charge >= 0.3 is 103 Å². The summed E-state index contributed by atoms with van der Waals surface area (Å²) in [5.41, 5.74) is 0. The molecule has 0 aromatic rings. The minimum absolute atomic E-state index is 0.00474. The third kappa shape index (κ3) is 2.25. The van der Waals surface area contributed by atoms with Crippen LogP contribution >= 0.6 is 7.51 Å². The summed E-state index contributed by atoms with van der Waals surface area (Å²) in [6.07, 6.45) is 0.570. The van der Waals surface area contributed by atoms with Crippen LogP contribution in [0, 0.1) is 0 Å². The number of nitrogens with zero attached hydrogens (tertiary/aromatic N) is 1. The molecule has 0 aliphatic carbocycles. The van der Waals surface area contributed by atoms with Gasteiger partial charge in [0.05, 0.1) is 0 Å². The number of rotatable bonds is 2. The van der Waals surface area contributed by atoms with Crippen molar-refractivity contribution in [3.8, 4) is 0 Å². The van der Waals surface area contributed by atoms with Gasteiger partial charge in [-0.05, 0) is 0 Å². The van der Waals surface area contributed by atoms with Gasteiger partial charge in [-0.2, -0.15) is 0 Å². The first kappa shape index (κ1) is 13.7. The van der Waals surface area contributed by atoms with E-state index in [-0.39, 0.29) is 24.4 Å². The van der Waals surface area contributed by atoms with Crippen LogP contribution in [0.15, 0.2) is 0 Å². The summed E-state index contributed by atoms with van der Waals surface area (Å²) < 4.78 is 24.3. The van der Waals surface area contributed by atoms with E-state index in [1.165, 1.54) is 0 Å². The predicted molar refractivity (Wildman–Crippen MR) is 67.7 cm³/mol. The zero-order valence-electron chi connectivity index (χ0n) is 11.5. The summed E-state index contributed by atoms with van der Waals surface area (Å²) in [4.78, 5) is 2.01. The molecule has 2 heterocycles. The van der Waals surface area contributed by atoms with Crippen molar-refractivity contribution >= 4 is 7.51 Å². The van der Waals surface area contributed by atoms with Crippen molar-refractivity contribution in [2.75, 3.05) is 20.4 Å². The Hall–Kier alpha value is 0.230. The maximum atomic E-state index is 6.08. The van der Waals surface area contributed by atoms with E-state index in [0.717, 1.165) is 0 Å². The third-order valence-electron chi connectivity index (χ3n) is 3.32. The molecule has 102 valence electrons. The van der Waals surface area contributed by atoms with Crippen LogP contribution in [0.1, 0.15) is 27.7 Å². The minimum atomic E-state index is -3.39. The molecule has 0 bridgehead atoms. The molecule has 2 saturated heterocycles. The summed E-state index contributed by atoms with van der Waals surface area (Å²) in [7, 11) is 0.559. The fourth-order valence-corrected chi connectivity index (χ4v) is 7.12. The van der Waals surface area contributed by atoms with Crippen molar-refractivity contribution in [2.45, 2.75) is 52.1 Å². The molecule has 2 aliphatic heterocycles. The molecule has 5 nitrogen and oxygen atoms in total. The van der Waals surface area contributed by atoms with Gasteiger partial charge in [0.25, 0.3) is 0 Å². The summed E-state index contributed by atoms with van der Waals surface area (Å²) in [5.74, 6) is 0. The van der Waals surface area contributed by atoms with Crippen molar-refractivity contribution in [1.82, 2.24) is 4.90 Å². The molecule has 4 atom stereocenters. The van der Waals surface area contributed by atoms with Crippen LogP contribution < -0.4 is 0 Å². The second-order valence-corrected chi connectivity index (χ2v) is 8.48. The zero-order valence-corrected chi connectivity index (χ0v) is 12.4. The van der Waals surface area contributed by atoms with Gasteiger partial charge in [-0.15, -0.1) is 0 Å². The fourth-order valence-electron chi connectivity index (χ4n) is 2.37. The van der Waals surface area contributed by atoms with Gasteiger partial charge in [0.1, 0.15) is 0 Å². The standard InChI is InChI=1S/C11H24NO4P/c1-8-9(2)14-17(13-8,7-12(5)6)15-10(3)11(4)16-17/h8-11H,7H2,1-6H3. The topological polar surface area (TPSA) is 40.2 Å². The van der Waals surface area contributed by atoms with Crippen LogP contribution in [-0.2, 0) is 18.1 Å². The van der Waals surface area contributed by atoms with Crippen LogP contribution in [0.3, 0.4) is 0 Å². The SMILES string of the molecule is CC1OP2(CN(C)C)(OC1C)OC(C)C(C)O2. The molecular formula is C11H24NO4P. The van der Waals surface area contributed by atoms with E-state index in [1.54, 1.807) is 0 Å². The van der Waals surface area contributed by atoms with Crippen molar-refractivity contribution < 1.29 is 18.1 Å². The second kappa shape index (κ2) is 4.12. The Bertz CT molecular complexity index is 251. The van der Waals surface area contributed by atoms with Crippen LogP contribution in [0.2, 0.25) is 0 Å². The molecule has 6 heteroatoms. The Morgan fingerprint density at radius 1 is 0.765 bits per heavy atom. The van der Waals surface area contributed by atoms with Gasteiger partial charge < -0.3 is 0 Å². The first-order chi connectivity index (χ1) is 7.75. The van der Waals surface area contributed by atoms with Crippen molar-refractivity contribution in [3.05, 3.63) is 0 Å². The molecule has 0 saturated carbocycles. The first-order valence-corrected chi connectivity index (χ1v) is 8.27. The fraction of sp³-hybridized carbons (Fsp3) is 1.00. The van der Waals surface area contributed by atoms with E-state index in [9.17, 15) is 0 Å². The van der Waals surface area contributed by atoms with Crippen molar-refractivity contribution in [3.63, 3.8) is 0 Å². The number of hydrogen-bond donors (Lipinski definition) is 0. The van der Waals surface area contributed by atoms with Gasteiger partial charge in [-0.25, -0.2) is 0 Å². The molecule has 17 heavy (non-hydrogen) atoms. The van der Waals surface area contributed by atoms with Gasteiger partial charge in [0.2, 0.25) is 0 Å². The Labute approximate surface area is 104 Å². The van der Waals surface area contributed by atoms with Gasteiger partial charge in [0, 0.05) is 0 Å². The molecule has 2 aliphatic rings. The quantitative estimate of drug-likeness (QED) is 0.717. The Kier molecular flexibility index (Phi) is 3.31. The van der Waals surface area contributed by atoms with E-state index >= 15 is 0 Å². The van der Waals surface area contributed by atoms with Gasteiger partial charge in [-0.3, -0.25) is 0 Å². The van der Waals surface area contributed by atoms with Gasteiger partial charge in [0.15, 0.2) is 0 Å².